The van der Waals surface area contributed by atoms with Gasteiger partial charge in [-0.3, -0.25) is 4.79 Å². The molecule has 0 atom stereocenters. The van der Waals surface area contributed by atoms with E-state index in [1.165, 1.54) is 34.5 Å². The lowest BCUT2D eigenvalue weighted by atomic mass is 10.1. The monoisotopic (exact) mass is 394 g/mol. The third-order valence-corrected chi connectivity index (χ3v) is 6.31. The van der Waals surface area contributed by atoms with E-state index >= 15 is 0 Å². The summed E-state index contributed by atoms with van der Waals surface area (Å²) >= 11 is 1.73. The highest BCUT2D eigenvalue weighted by atomic mass is 32.1. The Morgan fingerprint density at radius 2 is 1.96 bits per heavy atom. The molecule has 0 aliphatic carbocycles. The van der Waals surface area contributed by atoms with Gasteiger partial charge in [-0.25, -0.2) is 0 Å². The zero-order chi connectivity index (χ0) is 19.3. The second-order valence-corrected chi connectivity index (χ2v) is 8.29. The van der Waals surface area contributed by atoms with Gasteiger partial charge in [0.15, 0.2) is 0 Å². The lowest BCUT2D eigenvalue weighted by molar-refractivity contribution is 0.321. The van der Waals surface area contributed by atoms with E-state index < -0.39 is 0 Å². The quantitative estimate of drug-likeness (QED) is 0.592. The first-order valence-corrected chi connectivity index (χ1v) is 10.8. The molecule has 28 heavy (non-hydrogen) atoms. The summed E-state index contributed by atoms with van der Waals surface area (Å²) in [5.74, 6) is 0.639. The predicted molar refractivity (Wildman–Crippen MR) is 116 cm³/mol. The molecule has 0 amide bonds. The van der Waals surface area contributed by atoms with Crippen molar-refractivity contribution in [2.45, 2.75) is 32.7 Å². The van der Waals surface area contributed by atoms with Gasteiger partial charge in [-0.05, 0) is 54.5 Å². The molecule has 0 spiro atoms. The molecule has 0 N–H and O–H groups in total. The first-order chi connectivity index (χ1) is 13.7. The van der Waals surface area contributed by atoms with Gasteiger partial charge < -0.3 is 14.2 Å². The smallest absolute Gasteiger partial charge is 0.254 e. The maximum atomic E-state index is 12.6. The number of benzene rings is 1. The van der Waals surface area contributed by atoms with Gasteiger partial charge in [0.2, 0.25) is 0 Å². The number of pyridine rings is 1. The van der Waals surface area contributed by atoms with Crippen LogP contribution in [0, 0.1) is 6.92 Å². The Hall–Kier alpha value is -2.53. The van der Waals surface area contributed by atoms with Gasteiger partial charge in [-0.2, -0.15) is 0 Å². The van der Waals surface area contributed by atoms with Crippen LogP contribution in [-0.2, 0) is 13.0 Å². The summed E-state index contributed by atoms with van der Waals surface area (Å²) in [5, 5.41) is 2.07. The topological polar surface area (TPSA) is 34.5 Å². The van der Waals surface area contributed by atoms with Crippen LogP contribution in [0.3, 0.4) is 0 Å². The van der Waals surface area contributed by atoms with Crippen molar-refractivity contribution in [2.75, 3.05) is 24.6 Å². The highest BCUT2D eigenvalue weighted by Gasteiger charge is 2.15. The van der Waals surface area contributed by atoms with E-state index in [1.54, 1.807) is 22.0 Å². The second kappa shape index (κ2) is 8.65. The van der Waals surface area contributed by atoms with E-state index in [9.17, 15) is 4.79 Å². The van der Waals surface area contributed by atoms with Gasteiger partial charge in [0.25, 0.3) is 5.56 Å². The Bertz CT molecular complexity index is 973. The van der Waals surface area contributed by atoms with Gasteiger partial charge in [0.1, 0.15) is 5.75 Å². The molecular formula is C23H26N2O2S. The molecule has 3 aromatic rings. The number of anilines is 1. The number of rotatable bonds is 7. The highest BCUT2D eigenvalue weighted by molar-refractivity contribution is 7.09. The van der Waals surface area contributed by atoms with E-state index in [0.29, 0.717) is 18.9 Å². The number of hydrogen-bond acceptors (Lipinski definition) is 4. The van der Waals surface area contributed by atoms with Gasteiger partial charge in [-0.1, -0.05) is 18.2 Å². The molecule has 1 aliphatic heterocycles. The second-order valence-electron chi connectivity index (χ2n) is 7.26. The summed E-state index contributed by atoms with van der Waals surface area (Å²) in [6, 6.07) is 14.0. The number of nitrogens with zero attached hydrogens (tertiary/aromatic N) is 2. The minimum Gasteiger partial charge on any atom is -0.493 e. The first kappa shape index (κ1) is 18.8. The zero-order valence-electron chi connectivity index (χ0n) is 16.3. The van der Waals surface area contributed by atoms with E-state index in [0.717, 1.165) is 19.5 Å². The Labute approximate surface area is 170 Å². The average molecular weight is 395 g/mol. The minimum atomic E-state index is -0.0281. The Balaban J connectivity index is 1.43. The molecule has 4 rings (SSSR count). The van der Waals surface area contributed by atoms with Crippen LogP contribution >= 0.6 is 11.3 Å². The van der Waals surface area contributed by atoms with Gasteiger partial charge in [-0.15, -0.1) is 11.3 Å². The lowest BCUT2D eigenvalue weighted by Gasteiger charge is -2.22. The number of ether oxygens (including phenoxy) is 1. The molecule has 1 saturated heterocycles. The SMILES string of the molecule is Cc1c(Cn2ccc(OCCc3cccs3)cc2=O)cccc1N1CCCC1. The van der Waals surface area contributed by atoms with E-state index in [2.05, 4.69) is 41.5 Å². The van der Waals surface area contributed by atoms with Crippen molar-refractivity contribution >= 4 is 17.0 Å². The van der Waals surface area contributed by atoms with Crippen LogP contribution in [0.1, 0.15) is 28.8 Å². The van der Waals surface area contributed by atoms with Crippen molar-refractivity contribution in [1.29, 1.82) is 0 Å². The van der Waals surface area contributed by atoms with Crippen molar-refractivity contribution in [1.82, 2.24) is 4.57 Å². The Kier molecular flexibility index (Phi) is 5.81. The maximum Gasteiger partial charge on any atom is 0.254 e. The predicted octanol–water partition coefficient (Wildman–Crippen LogP) is 4.49. The van der Waals surface area contributed by atoms with Crippen LogP contribution in [-0.4, -0.2) is 24.3 Å². The molecule has 5 heteroatoms. The Morgan fingerprint density at radius 1 is 1.11 bits per heavy atom. The van der Waals surface area contributed by atoms with Gasteiger partial charge in [0, 0.05) is 42.3 Å². The van der Waals surface area contributed by atoms with Crippen LogP contribution in [0.15, 0.2) is 58.8 Å². The fraction of sp³-hybridized carbons (Fsp3) is 0.348. The molecule has 146 valence electrons. The number of hydrogen-bond donors (Lipinski definition) is 0. The van der Waals surface area contributed by atoms with Crippen molar-refractivity contribution in [3.8, 4) is 5.75 Å². The third-order valence-electron chi connectivity index (χ3n) is 5.37. The molecule has 1 aromatic carbocycles. The van der Waals surface area contributed by atoms with Gasteiger partial charge >= 0.3 is 0 Å². The summed E-state index contributed by atoms with van der Waals surface area (Å²) in [4.78, 5) is 16.3. The molecule has 0 bridgehead atoms. The average Bonchev–Trinajstić information content (AvgIpc) is 3.39. The van der Waals surface area contributed by atoms with Crippen LogP contribution in [0.5, 0.6) is 5.75 Å². The van der Waals surface area contributed by atoms with Crippen molar-refractivity contribution < 1.29 is 4.74 Å². The number of thiophene rings is 1. The van der Waals surface area contributed by atoms with Crippen LogP contribution in [0.2, 0.25) is 0 Å². The largest absolute Gasteiger partial charge is 0.493 e. The molecule has 0 saturated carbocycles. The van der Waals surface area contributed by atoms with Crippen LogP contribution in [0.4, 0.5) is 5.69 Å². The summed E-state index contributed by atoms with van der Waals surface area (Å²) in [7, 11) is 0. The van der Waals surface area contributed by atoms with E-state index in [-0.39, 0.29) is 5.56 Å². The summed E-state index contributed by atoms with van der Waals surface area (Å²) < 4.78 is 7.51. The summed E-state index contributed by atoms with van der Waals surface area (Å²) in [6.07, 6.45) is 5.22. The summed E-state index contributed by atoms with van der Waals surface area (Å²) in [5.41, 5.74) is 3.74. The first-order valence-electron chi connectivity index (χ1n) is 9.90. The molecule has 2 aromatic heterocycles. The van der Waals surface area contributed by atoms with E-state index in [1.807, 2.05) is 18.3 Å². The third kappa shape index (κ3) is 4.30. The zero-order valence-corrected chi connectivity index (χ0v) is 17.1. The number of aromatic nitrogens is 1. The van der Waals surface area contributed by atoms with Crippen molar-refractivity contribution in [2.24, 2.45) is 0 Å². The highest BCUT2D eigenvalue weighted by Crippen LogP contribution is 2.27. The van der Waals surface area contributed by atoms with Crippen LogP contribution in [0.25, 0.3) is 0 Å². The molecular weight excluding hydrogens is 368 g/mol. The minimum absolute atomic E-state index is 0.0281. The van der Waals surface area contributed by atoms with Crippen molar-refractivity contribution in [3.05, 3.63) is 80.4 Å². The van der Waals surface area contributed by atoms with Crippen LogP contribution < -0.4 is 15.2 Å². The van der Waals surface area contributed by atoms with Crippen molar-refractivity contribution in [3.63, 3.8) is 0 Å². The molecule has 1 aliphatic rings. The fourth-order valence-electron chi connectivity index (χ4n) is 3.76. The van der Waals surface area contributed by atoms with Gasteiger partial charge in [0.05, 0.1) is 13.2 Å². The molecule has 1 fully saturated rings. The molecule has 4 nitrogen and oxygen atoms in total. The molecule has 0 unspecified atom stereocenters. The maximum absolute atomic E-state index is 12.6. The fourth-order valence-corrected chi connectivity index (χ4v) is 4.45. The normalized spacial score (nSPS) is 13.8. The lowest BCUT2D eigenvalue weighted by Crippen LogP contribution is -2.22. The Morgan fingerprint density at radius 3 is 2.71 bits per heavy atom. The molecule has 0 radical (unpaired) electrons. The van der Waals surface area contributed by atoms with E-state index in [4.69, 9.17) is 4.74 Å². The summed E-state index contributed by atoms with van der Waals surface area (Å²) in [6.45, 7) is 5.59. The molecule has 3 heterocycles. The standard InChI is InChI=1S/C23H26N2O2S/c1-18-19(6-4-8-22(18)24-11-2-3-12-24)17-25-13-9-20(16-23(25)26)27-14-10-21-7-5-15-28-21/h4-9,13,15-16H,2-3,10-12,14,17H2,1H3.